The van der Waals surface area contributed by atoms with Gasteiger partial charge in [0.15, 0.2) is 0 Å². The maximum atomic E-state index is 12.2. The van der Waals surface area contributed by atoms with Gasteiger partial charge >= 0.3 is 0 Å². The van der Waals surface area contributed by atoms with Crippen LogP contribution in [0, 0.1) is 5.92 Å². The Labute approximate surface area is 101 Å². The Morgan fingerprint density at radius 1 is 1.12 bits per heavy atom. The summed E-state index contributed by atoms with van der Waals surface area (Å²) in [6, 6.07) is 0. The first-order chi connectivity index (χ1) is 7.99. The number of methoxy groups -OCH3 is 2. The van der Waals surface area contributed by atoms with Gasteiger partial charge in [-0.05, 0) is 6.92 Å². The summed E-state index contributed by atoms with van der Waals surface area (Å²) in [5.41, 5.74) is 0.808. The lowest BCUT2D eigenvalue weighted by Gasteiger charge is -2.22. The second-order valence-corrected chi connectivity index (χ2v) is 3.79. The van der Waals surface area contributed by atoms with Crippen molar-refractivity contribution in [1.82, 2.24) is 0 Å². The fourth-order valence-electron chi connectivity index (χ4n) is 1.83. The van der Waals surface area contributed by atoms with Crippen LogP contribution in [0.5, 0.6) is 0 Å². The summed E-state index contributed by atoms with van der Waals surface area (Å²) < 4.78 is 9.90. The number of carbonyl (C=O) groups is 2. The predicted octanol–water partition coefficient (Wildman–Crippen LogP) is 1.78. The molecule has 0 aromatic rings. The molecular formula is C13H16O4. The average Bonchev–Trinajstić information content (AvgIpc) is 2.33. The number of allylic oxidation sites excluding steroid dienone is 3. The van der Waals surface area contributed by atoms with Gasteiger partial charge in [0.2, 0.25) is 23.1 Å². The summed E-state index contributed by atoms with van der Waals surface area (Å²) >= 11 is 0. The van der Waals surface area contributed by atoms with E-state index in [9.17, 15) is 9.59 Å². The average molecular weight is 236 g/mol. The van der Waals surface area contributed by atoms with Gasteiger partial charge in [-0.25, -0.2) is 0 Å². The Morgan fingerprint density at radius 3 is 2.00 bits per heavy atom. The van der Waals surface area contributed by atoms with Crippen LogP contribution < -0.4 is 0 Å². The van der Waals surface area contributed by atoms with Gasteiger partial charge in [-0.2, -0.15) is 0 Å². The molecule has 0 spiro atoms. The van der Waals surface area contributed by atoms with Crippen molar-refractivity contribution in [3.05, 3.63) is 35.3 Å². The van der Waals surface area contributed by atoms with Gasteiger partial charge in [-0.15, -0.1) is 6.58 Å². The SMILES string of the molecule is C=CC(C)C1=C(C)C(=O)C(OC)=C(OC)C1=O. The Morgan fingerprint density at radius 2 is 1.59 bits per heavy atom. The molecule has 0 aromatic heterocycles. The highest BCUT2D eigenvalue weighted by molar-refractivity contribution is 6.23. The molecular weight excluding hydrogens is 220 g/mol. The van der Waals surface area contributed by atoms with Gasteiger partial charge in [-0.1, -0.05) is 13.0 Å². The van der Waals surface area contributed by atoms with Crippen molar-refractivity contribution in [3.63, 3.8) is 0 Å². The maximum Gasteiger partial charge on any atom is 0.228 e. The van der Waals surface area contributed by atoms with Crippen LogP contribution in [0.4, 0.5) is 0 Å². The highest BCUT2D eigenvalue weighted by Gasteiger charge is 2.35. The monoisotopic (exact) mass is 236 g/mol. The second-order valence-electron chi connectivity index (χ2n) is 3.79. The molecule has 1 rings (SSSR count). The Bertz CT molecular complexity index is 440. The predicted molar refractivity (Wildman–Crippen MR) is 63.1 cm³/mol. The highest BCUT2D eigenvalue weighted by Crippen LogP contribution is 2.30. The minimum Gasteiger partial charge on any atom is -0.489 e. The molecule has 0 aliphatic heterocycles. The molecule has 0 fully saturated rings. The third kappa shape index (κ3) is 2.02. The summed E-state index contributed by atoms with van der Waals surface area (Å²) in [4.78, 5) is 24.2. The molecule has 0 aromatic carbocycles. The van der Waals surface area contributed by atoms with Crippen LogP contribution >= 0.6 is 0 Å². The fourth-order valence-corrected chi connectivity index (χ4v) is 1.83. The minimum atomic E-state index is -0.312. The molecule has 4 nitrogen and oxygen atoms in total. The Balaban J connectivity index is 3.38. The number of hydrogen-bond acceptors (Lipinski definition) is 4. The molecule has 92 valence electrons. The topological polar surface area (TPSA) is 52.6 Å². The fraction of sp³-hybridized carbons (Fsp3) is 0.385. The second kappa shape index (κ2) is 4.99. The molecule has 0 saturated carbocycles. The first-order valence-electron chi connectivity index (χ1n) is 5.24. The van der Waals surface area contributed by atoms with E-state index in [0.717, 1.165) is 0 Å². The molecule has 1 unspecified atom stereocenters. The number of ether oxygens (including phenoxy) is 2. The number of rotatable bonds is 4. The molecule has 17 heavy (non-hydrogen) atoms. The van der Waals surface area contributed by atoms with Crippen molar-refractivity contribution in [2.75, 3.05) is 14.2 Å². The lowest BCUT2D eigenvalue weighted by molar-refractivity contribution is -0.121. The standard InChI is InChI=1S/C13H16O4/c1-6-7(2)9-8(3)10(14)12(16-4)13(17-5)11(9)15/h6-7H,1H2,2-5H3. The quantitative estimate of drug-likeness (QED) is 0.551. The van der Waals surface area contributed by atoms with Gasteiger partial charge in [0, 0.05) is 17.1 Å². The van der Waals surface area contributed by atoms with Crippen molar-refractivity contribution in [1.29, 1.82) is 0 Å². The molecule has 0 heterocycles. The largest absolute Gasteiger partial charge is 0.489 e. The lowest BCUT2D eigenvalue weighted by atomic mass is 9.85. The first-order valence-corrected chi connectivity index (χ1v) is 5.24. The smallest absolute Gasteiger partial charge is 0.228 e. The lowest BCUT2D eigenvalue weighted by Crippen LogP contribution is -2.27. The number of ketones is 2. The molecule has 0 saturated heterocycles. The van der Waals surface area contributed by atoms with Crippen molar-refractivity contribution >= 4 is 11.6 Å². The third-order valence-corrected chi connectivity index (χ3v) is 2.83. The molecule has 1 aliphatic carbocycles. The Hall–Kier alpha value is -1.84. The minimum absolute atomic E-state index is 0.0324. The van der Waals surface area contributed by atoms with Crippen molar-refractivity contribution in [2.45, 2.75) is 13.8 Å². The Kier molecular flexibility index (Phi) is 3.89. The van der Waals surface area contributed by atoms with Crippen LogP contribution in [0.25, 0.3) is 0 Å². The van der Waals surface area contributed by atoms with E-state index in [0.29, 0.717) is 11.1 Å². The molecule has 4 heteroatoms. The van der Waals surface area contributed by atoms with E-state index in [1.165, 1.54) is 14.2 Å². The normalized spacial score (nSPS) is 18.4. The molecule has 1 aliphatic rings. The summed E-state index contributed by atoms with van der Waals surface area (Å²) in [7, 11) is 2.69. The van der Waals surface area contributed by atoms with E-state index < -0.39 is 0 Å². The van der Waals surface area contributed by atoms with Crippen molar-refractivity contribution in [3.8, 4) is 0 Å². The van der Waals surface area contributed by atoms with Crippen LogP contribution in [0.3, 0.4) is 0 Å². The van der Waals surface area contributed by atoms with E-state index in [1.807, 2.05) is 6.92 Å². The van der Waals surface area contributed by atoms with Crippen molar-refractivity contribution < 1.29 is 19.1 Å². The summed E-state index contributed by atoms with van der Waals surface area (Å²) in [6.45, 7) is 7.05. The van der Waals surface area contributed by atoms with E-state index >= 15 is 0 Å². The van der Waals surface area contributed by atoms with Crippen LogP contribution in [0.2, 0.25) is 0 Å². The molecule has 0 radical (unpaired) electrons. The number of hydrogen-bond donors (Lipinski definition) is 0. The zero-order valence-corrected chi connectivity index (χ0v) is 10.5. The summed E-state index contributed by atoms with van der Waals surface area (Å²) in [5.74, 6) is -0.890. The van der Waals surface area contributed by atoms with Gasteiger partial charge in [0.1, 0.15) is 0 Å². The molecule has 0 bridgehead atoms. The molecule has 0 amide bonds. The third-order valence-electron chi connectivity index (χ3n) is 2.83. The van der Waals surface area contributed by atoms with E-state index in [2.05, 4.69) is 6.58 Å². The van der Waals surface area contributed by atoms with Crippen LogP contribution in [0.1, 0.15) is 13.8 Å². The van der Waals surface area contributed by atoms with Crippen molar-refractivity contribution in [2.24, 2.45) is 5.92 Å². The molecule has 0 N–H and O–H groups in total. The zero-order chi connectivity index (χ0) is 13.2. The summed E-state index contributed by atoms with van der Waals surface area (Å²) in [6.07, 6.45) is 1.62. The van der Waals surface area contributed by atoms with E-state index in [-0.39, 0.29) is 29.0 Å². The van der Waals surface area contributed by atoms with E-state index in [4.69, 9.17) is 9.47 Å². The van der Waals surface area contributed by atoms with Crippen LogP contribution in [-0.4, -0.2) is 25.8 Å². The highest BCUT2D eigenvalue weighted by atomic mass is 16.5. The van der Waals surface area contributed by atoms with Gasteiger partial charge in [0.05, 0.1) is 14.2 Å². The zero-order valence-electron chi connectivity index (χ0n) is 10.5. The van der Waals surface area contributed by atoms with Gasteiger partial charge in [0.25, 0.3) is 0 Å². The first kappa shape index (κ1) is 13.2. The van der Waals surface area contributed by atoms with E-state index in [1.54, 1.807) is 13.0 Å². The summed E-state index contributed by atoms with van der Waals surface area (Å²) in [5, 5.41) is 0. The van der Waals surface area contributed by atoms with Gasteiger partial charge < -0.3 is 9.47 Å². The van der Waals surface area contributed by atoms with Crippen LogP contribution in [0.15, 0.2) is 35.3 Å². The number of Topliss-reactive ketones (excluding diaryl/α,β-unsaturated/α-hetero) is 2. The number of carbonyl (C=O) groups excluding carboxylic acids is 2. The maximum absolute atomic E-state index is 12.2. The molecule has 1 atom stereocenters. The van der Waals surface area contributed by atoms with Crippen LogP contribution in [-0.2, 0) is 19.1 Å². The van der Waals surface area contributed by atoms with Gasteiger partial charge in [-0.3, -0.25) is 9.59 Å².